The third-order valence-electron chi connectivity index (χ3n) is 15.0. The number of piperidine rings is 2. The Morgan fingerprint density at radius 3 is 1.04 bits per heavy atom. The molecule has 72 heavy (non-hydrogen) atoms. The van der Waals surface area contributed by atoms with Gasteiger partial charge >= 0.3 is 0 Å². The van der Waals surface area contributed by atoms with Gasteiger partial charge in [0.25, 0.3) is 29.5 Å². The summed E-state index contributed by atoms with van der Waals surface area (Å²) in [7, 11) is 9.00. The van der Waals surface area contributed by atoms with Gasteiger partial charge in [0, 0.05) is 68.5 Å². The lowest BCUT2D eigenvalue weighted by Crippen LogP contribution is -2.44. The molecule has 7 rings (SSSR count). The van der Waals surface area contributed by atoms with Crippen molar-refractivity contribution in [3.8, 4) is 34.5 Å². The molecule has 0 aromatic heterocycles. The number of rotatable bonds is 18. The summed E-state index contributed by atoms with van der Waals surface area (Å²) >= 11 is 0. The summed E-state index contributed by atoms with van der Waals surface area (Å²) in [6, 6.07) is 9.28. The van der Waals surface area contributed by atoms with Gasteiger partial charge in [0.15, 0.2) is 0 Å². The second kappa shape index (κ2) is 24.8. The van der Waals surface area contributed by atoms with Crippen molar-refractivity contribution in [2.45, 2.75) is 101 Å². The molecule has 0 unspecified atom stereocenters. The maximum atomic E-state index is 14.0. The normalized spacial score (nSPS) is 20.7. The van der Waals surface area contributed by atoms with Crippen LogP contribution in [0.3, 0.4) is 0 Å². The minimum atomic E-state index is -0.398. The molecule has 5 amide bonds. The third-order valence-corrected chi connectivity index (χ3v) is 15.0. The fourth-order valence-electron chi connectivity index (χ4n) is 10.5. The molecule has 8 N–H and O–H groups in total. The zero-order valence-electron chi connectivity index (χ0n) is 42.7. The second-order valence-corrected chi connectivity index (χ2v) is 19.4. The summed E-state index contributed by atoms with van der Waals surface area (Å²) in [5.41, 5.74) is 13.8. The Morgan fingerprint density at radius 1 is 0.417 bits per heavy atom. The molecule has 0 radical (unpaired) electrons. The average Bonchev–Trinajstić information content (AvgIpc) is 3.42. The van der Waals surface area contributed by atoms with Crippen LogP contribution < -0.4 is 61.2 Å². The van der Waals surface area contributed by atoms with Crippen LogP contribution in [-0.2, 0) is 0 Å². The van der Waals surface area contributed by atoms with E-state index in [1.807, 2.05) is 11.0 Å². The summed E-state index contributed by atoms with van der Waals surface area (Å²) in [5.74, 6) is 1.52. The first-order valence-electron chi connectivity index (χ1n) is 25.3. The highest BCUT2D eigenvalue weighted by Crippen LogP contribution is 2.37. The third kappa shape index (κ3) is 12.4. The molecule has 2 aliphatic carbocycles. The van der Waals surface area contributed by atoms with Crippen LogP contribution in [-0.4, -0.2) is 145 Å². The van der Waals surface area contributed by atoms with E-state index >= 15 is 0 Å². The van der Waals surface area contributed by atoms with Crippen molar-refractivity contribution in [2.24, 2.45) is 23.3 Å². The van der Waals surface area contributed by atoms with Gasteiger partial charge in [-0.25, -0.2) is 0 Å². The summed E-state index contributed by atoms with van der Waals surface area (Å²) in [4.78, 5) is 72.7. The van der Waals surface area contributed by atoms with Crippen molar-refractivity contribution in [1.29, 1.82) is 0 Å². The molecule has 2 saturated heterocycles. The number of amides is 5. The standard InChI is InChI=1S/C53H74N8O11/c1-67-43-26-44(68-2)38(50(63)58-35-11-13-36(14-12-35)59-51(64)39-24-40(46(70-4)27-45(39)69-3)52(65)60-19-15-31(29-54)16-20-60)23-37(43)49(62)57-34-9-7-33(8-10-34)56-42-25-41(47(71-5)28-48(42)72-6)53(66)61-21-17-32(30-55)18-22-61/h23-28,31-36,56H,7-22,29-30,54-55H2,1-6H3,(H,57,62)(H,58,63)(H,59,64). The van der Waals surface area contributed by atoms with Gasteiger partial charge in [-0.15, -0.1) is 0 Å². The molecule has 2 heterocycles. The van der Waals surface area contributed by atoms with Crippen molar-refractivity contribution in [1.82, 2.24) is 25.8 Å². The Balaban J connectivity index is 0.934. The van der Waals surface area contributed by atoms with Crippen LogP contribution in [0.25, 0.3) is 0 Å². The minimum absolute atomic E-state index is 0.0540. The molecular weight excluding hydrogens is 925 g/mol. The molecule has 3 aromatic rings. The highest BCUT2D eigenvalue weighted by Gasteiger charge is 2.33. The molecule has 0 spiro atoms. The smallest absolute Gasteiger partial charge is 0.257 e. The lowest BCUT2D eigenvalue weighted by Gasteiger charge is -2.32. The molecule has 392 valence electrons. The van der Waals surface area contributed by atoms with E-state index in [1.54, 1.807) is 43.4 Å². The Labute approximate surface area is 422 Å². The molecule has 2 aliphatic heterocycles. The number of carbonyl (C=O) groups is 5. The van der Waals surface area contributed by atoms with Crippen molar-refractivity contribution >= 4 is 35.2 Å². The van der Waals surface area contributed by atoms with E-state index in [0.29, 0.717) is 124 Å². The molecule has 19 heteroatoms. The molecule has 3 aromatic carbocycles. The lowest BCUT2D eigenvalue weighted by molar-refractivity contribution is 0.0682. The van der Waals surface area contributed by atoms with E-state index in [9.17, 15) is 24.0 Å². The van der Waals surface area contributed by atoms with Crippen LogP contribution in [0.5, 0.6) is 34.5 Å². The van der Waals surface area contributed by atoms with Crippen molar-refractivity contribution in [3.63, 3.8) is 0 Å². The first-order valence-corrected chi connectivity index (χ1v) is 25.3. The highest BCUT2D eigenvalue weighted by atomic mass is 16.5. The predicted octanol–water partition coefficient (Wildman–Crippen LogP) is 4.98. The Bertz CT molecular complexity index is 2400. The average molecular weight is 999 g/mol. The van der Waals surface area contributed by atoms with Crippen molar-refractivity contribution < 1.29 is 52.4 Å². The predicted molar refractivity (Wildman–Crippen MR) is 272 cm³/mol. The summed E-state index contributed by atoms with van der Waals surface area (Å²) < 4.78 is 33.7. The van der Waals surface area contributed by atoms with Crippen molar-refractivity contribution in [3.05, 3.63) is 64.2 Å². The number of likely N-dealkylation sites (tertiary alicyclic amines) is 2. The minimum Gasteiger partial charge on any atom is -0.496 e. The van der Waals surface area contributed by atoms with E-state index < -0.39 is 5.91 Å². The Kier molecular flexibility index (Phi) is 18.4. The Morgan fingerprint density at radius 2 is 0.708 bits per heavy atom. The molecular formula is C53H74N8O11. The van der Waals surface area contributed by atoms with Crippen LogP contribution >= 0.6 is 0 Å². The second-order valence-electron chi connectivity index (χ2n) is 19.4. The van der Waals surface area contributed by atoms with E-state index in [-0.39, 0.29) is 81.7 Å². The number of hydrogen-bond donors (Lipinski definition) is 6. The first-order chi connectivity index (χ1) is 34.8. The number of nitrogens with one attached hydrogen (secondary N) is 4. The van der Waals surface area contributed by atoms with Crippen LogP contribution in [0.15, 0.2) is 36.4 Å². The van der Waals surface area contributed by atoms with Gasteiger partial charge in [-0.3, -0.25) is 24.0 Å². The van der Waals surface area contributed by atoms with Gasteiger partial charge in [0.2, 0.25) is 0 Å². The zero-order chi connectivity index (χ0) is 51.5. The SMILES string of the molecule is COc1cc(OC)c(C(=O)N2CCC(CN)CC2)cc1NC1CCC(NC(=O)c2cc(C(=O)NC3CCC(NC(=O)c4cc(C(=O)N5CCC(CN)CC5)c(OC)cc4OC)CC3)c(OC)cc2OC)CC1. The van der Waals surface area contributed by atoms with E-state index in [0.717, 1.165) is 38.5 Å². The number of nitrogens with zero attached hydrogens (tertiary/aromatic N) is 2. The van der Waals surface area contributed by atoms with Gasteiger partial charge in [-0.2, -0.15) is 0 Å². The van der Waals surface area contributed by atoms with E-state index in [1.165, 1.54) is 34.5 Å². The number of benzene rings is 3. The van der Waals surface area contributed by atoms with Gasteiger partial charge in [0.1, 0.15) is 34.5 Å². The van der Waals surface area contributed by atoms with Gasteiger partial charge < -0.3 is 71.0 Å². The molecule has 19 nitrogen and oxygen atoms in total. The summed E-state index contributed by atoms with van der Waals surface area (Å²) in [5, 5.41) is 13.0. The molecule has 4 fully saturated rings. The van der Waals surface area contributed by atoms with E-state index in [4.69, 9.17) is 39.9 Å². The van der Waals surface area contributed by atoms with Crippen LogP contribution in [0.1, 0.15) is 129 Å². The largest absolute Gasteiger partial charge is 0.496 e. The van der Waals surface area contributed by atoms with Gasteiger partial charge in [0.05, 0.1) is 76.2 Å². The fraction of sp³-hybridized carbons (Fsp3) is 0.566. The highest BCUT2D eigenvalue weighted by molar-refractivity contribution is 6.05. The first kappa shape index (κ1) is 53.3. The summed E-state index contributed by atoms with van der Waals surface area (Å²) in [6.07, 6.45) is 8.57. The number of ether oxygens (including phenoxy) is 6. The number of carbonyl (C=O) groups excluding carboxylic acids is 5. The Hall–Kier alpha value is -6.47. The van der Waals surface area contributed by atoms with Crippen LogP contribution in [0.4, 0.5) is 5.69 Å². The molecule has 2 saturated carbocycles. The number of methoxy groups -OCH3 is 6. The molecule has 0 atom stereocenters. The van der Waals surface area contributed by atoms with E-state index in [2.05, 4.69) is 21.3 Å². The fourth-order valence-corrected chi connectivity index (χ4v) is 10.5. The maximum Gasteiger partial charge on any atom is 0.257 e. The number of hydrogen-bond acceptors (Lipinski definition) is 14. The van der Waals surface area contributed by atoms with Crippen molar-refractivity contribution in [2.75, 3.05) is 87.2 Å². The molecule has 4 aliphatic rings. The topological polar surface area (TPSA) is 247 Å². The molecule has 0 bridgehead atoms. The monoisotopic (exact) mass is 999 g/mol. The zero-order valence-corrected chi connectivity index (χ0v) is 42.7. The lowest BCUT2D eigenvalue weighted by atomic mass is 9.90. The van der Waals surface area contributed by atoms with Gasteiger partial charge in [-0.1, -0.05) is 0 Å². The maximum absolute atomic E-state index is 14.0. The van der Waals surface area contributed by atoms with Crippen LogP contribution in [0.2, 0.25) is 0 Å². The summed E-state index contributed by atoms with van der Waals surface area (Å²) in [6.45, 7) is 3.65. The number of nitrogens with two attached hydrogens (primary N) is 2. The quantitative estimate of drug-likeness (QED) is 0.0984. The van der Waals surface area contributed by atoms with Crippen LogP contribution in [0, 0.1) is 11.8 Å². The van der Waals surface area contributed by atoms with Gasteiger partial charge in [-0.05, 0) is 120 Å². The number of anilines is 1.